The molecule has 1 heterocycles. The average Bonchev–Trinajstić information content (AvgIpc) is 2.73. The highest BCUT2D eigenvalue weighted by molar-refractivity contribution is 5.89. The molecule has 162 valence electrons. The first-order valence-corrected chi connectivity index (χ1v) is 10.6. The summed E-state index contributed by atoms with van der Waals surface area (Å²) in [7, 11) is 0. The summed E-state index contributed by atoms with van der Waals surface area (Å²) in [5, 5.41) is 2.94. The van der Waals surface area contributed by atoms with Crippen molar-refractivity contribution in [3.8, 4) is 5.75 Å². The number of hydrogen-bond donors (Lipinski definition) is 1. The van der Waals surface area contributed by atoms with Gasteiger partial charge in [0, 0.05) is 31.5 Å². The van der Waals surface area contributed by atoms with Crippen LogP contribution in [0.1, 0.15) is 38.7 Å². The number of piperidine rings is 1. The monoisotopic (exact) mass is 414 g/mol. The maximum Gasteiger partial charge on any atom is 0.321 e. The first kappa shape index (κ1) is 22.1. The van der Waals surface area contributed by atoms with Crippen molar-refractivity contribution >= 4 is 11.7 Å². The van der Waals surface area contributed by atoms with Crippen molar-refractivity contribution in [1.82, 2.24) is 4.90 Å². The van der Waals surface area contributed by atoms with Gasteiger partial charge >= 0.3 is 6.03 Å². The molecule has 0 saturated carbocycles. The Morgan fingerprint density at radius 3 is 2.67 bits per heavy atom. The largest absolute Gasteiger partial charge is 0.489 e. The molecule has 0 radical (unpaired) electrons. The molecular formula is C24H31FN2O3. The standard InChI is InChI=1S/C24H31FN2O3/c1-18(2)11-14-29-22-9-12-27(13-10-22)24(28)26-21-7-4-8-23(16-21)30-17-19-5-3-6-20(25)15-19/h3-8,15-16,18,22H,9-14,17H2,1-2H3,(H,26,28). The molecule has 0 atom stereocenters. The molecule has 2 amide bonds. The molecule has 3 rings (SSSR count). The average molecular weight is 415 g/mol. The zero-order chi connectivity index (χ0) is 21.3. The molecule has 0 spiro atoms. The van der Waals surface area contributed by atoms with Gasteiger partial charge in [0.2, 0.25) is 0 Å². The zero-order valence-electron chi connectivity index (χ0n) is 17.8. The Morgan fingerprint density at radius 2 is 1.93 bits per heavy atom. The predicted octanol–water partition coefficient (Wildman–Crippen LogP) is 5.46. The minimum Gasteiger partial charge on any atom is -0.489 e. The van der Waals surface area contributed by atoms with E-state index in [-0.39, 0.29) is 24.6 Å². The third-order valence-electron chi connectivity index (χ3n) is 5.16. The van der Waals surface area contributed by atoms with E-state index in [4.69, 9.17) is 9.47 Å². The molecule has 0 bridgehead atoms. The number of halogens is 1. The SMILES string of the molecule is CC(C)CCOC1CCN(C(=O)Nc2cccc(OCc3cccc(F)c3)c2)CC1. The number of nitrogens with zero attached hydrogens (tertiary/aromatic N) is 1. The number of ether oxygens (including phenoxy) is 2. The number of anilines is 1. The van der Waals surface area contributed by atoms with Gasteiger partial charge in [-0.15, -0.1) is 0 Å². The van der Waals surface area contributed by atoms with E-state index in [1.807, 2.05) is 29.2 Å². The summed E-state index contributed by atoms with van der Waals surface area (Å²) >= 11 is 0. The number of carbonyl (C=O) groups excluding carboxylic acids is 1. The van der Waals surface area contributed by atoms with Crippen molar-refractivity contribution < 1.29 is 18.7 Å². The molecule has 1 saturated heterocycles. The van der Waals surface area contributed by atoms with E-state index in [0.29, 0.717) is 30.4 Å². The van der Waals surface area contributed by atoms with Crippen molar-refractivity contribution in [1.29, 1.82) is 0 Å². The Hall–Kier alpha value is -2.60. The van der Waals surface area contributed by atoms with Crippen LogP contribution < -0.4 is 10.1 Å². The Labute approximate surface area is 178 Å². The van der Waals surface area contributed by atoms with Crippen molar-refractivity contribution in [2.75, 3.05) is 25.0 Å². The van der Waals surface area contributed by atoms with Crippen molar-refractivity contribution in [3.05, 3.63) is 59.9 Å². The van der Waals surface area contributed by atoms with E-state index >= 15 is 0 Å². The predicted molar refractivity (Wildman–Crippen MR) is 116 cm³/mol. The molecule has 1 aliphatic heterocycles. The van der Waals surface area contributed by atoms with Crippen molar-refractivity contribution in [2.24, 2.45) is 5.92 Å². The maximum absolute atomic E-state index is 13.3. The highest BCUT2D eigenvalue weighted by Gasteiger charge is 2.23. The fourth-order valence-corrected chi connectivity index (χ4v) is 3.36. The van der Waals surface area contributed by atoms with E-state index in [9.17, 15) is 9.18 Å². The molecule has 1 fully saturated rings. The highest BCUT2D eigenvalue weighted by atomic mass is 19.1. The Kier molecular flexibility index (Phi) is 8.08. The normalized spacial score (nSPS) is 14.7. The van der Waals surface area contributed by atoms with E-state index in [1.165, 1.54) is 12.1 Å². The lowest BCUT2D eigenvalue weighted by Crippen LogP contribution is -2.43. The van der Waals surface area contributed by atoms with Gasteiger partial charge in [0.1, 0.15) is 18.2 Å². The molecule has 1 aliphatic rings. The first-order chi connectivity index (χ1) is 14.5. The number of likely N-dealkylation sites (tertiary alicyclic amines) is 1. The van der Waals surface area contributed by atoms with Gasteiger partial charge in [-0.2, -0.15) is 0 Å². The van der Waals surface area contributed by atoms with Crippen LogP contribution >= 0.6 is 0 Å². The lowest BCUT2D eigenvalue weighted by atomic mass is 10.1. The van der Waals surface area contributed by atoms with Gasteiger partial charge in [0.25, 0.3) is 0 Å². The number of nitrogens with one attached hydrogen (secondary N) is 1. The Morgan fingerprint density at radius 1 is 1.17 bits per heavy atom. The molecule has 0 unspecified atom stereocenters. The lowest BCUT2D eigenvalue weighted by molar-refractivity contribution is 0.0112. The summed E-state index contributed by atoms with van der Waals surface area (Å²) in [5.41, 5.74) is 1.43. The molecule has 1 N–H and O–H groups in total. The van der Waals surface area contributed by atoms with Gasteiger partial charge in [-0.3, -0.25) is 0 Å². The summed E-state index contributed by atoms with van der Waals surface area (Å²) in [5.74, 6) is 0.977. The quantitative estimate of drug-likeness (QED) is 0.624. The van der Waals surface area contributed by atoms with Crippen LogP contribution in [0.2, 0.25) is 0 Å². The molecule has 2 aromatic carbocycles. The van der Waals surface area contributed by atoms with Gasteiger partial charge in [0.15, 0.2) is 0 Å². The van der Waals surface area contributed by atoms with Gasteiger partial charge in [-0.25, -0.2) is 9.18 Å². The second kappa shape index (κ2) is 11.0. The number of carbonyl (C=O) groups is 1. The topological polar surface area (TPSA) is 50.8 Å². The molecular weight excluding hydrogens is 383 g/mol. The number of benzene rings is 2. The van der Waals surface area contributed by atoms with E-state index in [1.54, 1.807) is 12.1 Å². The van der Waals surface area contributed by atoms with Crippen molar-refractivity contribution in [2.45, 2.75) is 45.8 Å². The Bertz CT molecular complexity index is 820. The smallest absolute Gasteiger partial charge is 0.321 e. The zero-order valence-corrected chi connectivity index (χ0v) is 17.8. The fraction of sp³-hybridized carbons (Fsp3) is 0.458. The van der Waals surface area contributed by atoms with Crippen molar-refractivity contribution in [3.63, 3.8) is 0 Å². The first-order valence-electron chi connectivity index (χ1n) is 10.6. The van der Waals surface area contributed by atoms with Crippen LogP contribution in [-0.4, -0.2) is 36.7 Å². The molecule has 0 aromatic heterocycles. The van der Waals surface area contributed by atoms with E-state index in [0.717, 1.165) is 31.4 Å². The molecule has 30 heavy (non-hydrogen) atoms. The number of urea groups is 1. The highest BCUT2D eigenvalue weighted by Crippen LogP contribution is 2.21. The fourth-order valence-electron chi connectivity index (χ4n) is 3.36. The summed E-state index contributed by atoms with van der Waals surface area (Å²) in [6.45, 7) is 6.81. The molecule has 0 aliphatic carbocycles. The molecule has 6 heteroatoms. The van der Waals surface area contributed by atoms with Crippen LogP contribution in [0.25, 0.3) is 0 Å². The van der Waals surface area contributed by atoms with Crippen LogP contribution in [0.4, 0.5) is 14.9 Å². The third kappa shape index (κ3) is 7.02. The van der Waals surface area contributed by atoms with E-state index < -0.39 is 0 Å². The molecule has 2 aromatic rings. The van der Waals surface area contributed by atoms with Gasteiger partial charge in [-0.1, -0.05) is 32.0 Å². The van der Waals surface area contributed by atoms with Crippen LogP contribution in [-0.2, 0) is 11.3 Å². The molecule has 5 nitrogen and oxygen atoms in total. The summed E-state index contributed by atoms with van der Waals surface area (Å²) in [4.78, 5) is 14.4. The third-order valence-corrected chi connectivity index (χ3v) is 5.16. The van der Waals surface area contributed by atoms with Gasteiger partial charge < -0.3 is 19.7 Å². The number of rotatable bonds is 8. The minimum atomic E-state index is -0.286. The van der Waals surface area contributed by atoms with Crippen LogP contribution in [0.3, 0.4) is 0 Å². The van der Waals surface area contributed by atoms with Crippen LogP contribution in [0.15, 0.2) is 48.5 Å². The second-order valence-electron chi connectivity index (χ2n) is 8.12. The van der Waals surface area contributed by atoms with Crippen LogP contribution in [0.5, 0.6) is 5.75 Å². The van der Waals surface area contributed by atoms with Gasteiger partial charge in [0.05, 0.1) is 6.10 Å². The summed E-state index contributed by atoms with van der Waals surface area (Å²) in [6.07, 6.45) is 3.04. The summed E-state index contributed by atoms with van der Waals surface area (Å²) in [6, 6.07) is 13.4. The minimum absolute atomic E-state index is 0.113. The van der Waals surface area contributed by atoms with E-state index in [2.05, 4.69) is 19.2 Å². The second-order valence-corrected chi connectivity index (χ2v) is 8.12. The summed E-state index contributed by atoms with van der Waals surface area (Å²) < 4.78 is 24.9. The lowest BCUT2D eigenvalue weighted by Gasteiger charge is -2.32. The number of amides is 2. The van der Waals surface area contributed by atoms with Crippen LogP contribution in [0, 0.1) is 11.7 Å². The van der Waals surface area contributed by atoms with Gasteiger partial charge in [-0.05, 0) is 55.0 Å². The maximum atomic E-state index is 13.3. The Balaban J connectivity index is 1.45. The number of hydrogen-bond acceptors (Lipinski definition) is 3.